The van der Waals surface area contributed by atoms with Gasteiger partial charge in [-0.25, -0.2) is 0 Å². The second-order valence-corrected chi connectivity index (χ2v) is 5.60. The number of hydrogen-bond acceptors (Lipinski definition) is 6. The molecule has 1 rings (SSSR count). The van der Waals surface area contributed by atoms with Gasteiger partial charge in [0, 0.05) is 12.1 Å². The van der Waals surface area contributed by atoms with Gasteiger partial charge >= 0.3 is 0 Å². The first-order valence-corrected chi connectivity index (χ1v) is 8.27. The minimum Gasteiger partial charge on any atom is -0.496 e. The molecule has 7 heteroatoms. The highest BCUT2D eigenvalue weighted by atomic mass is 32.2. The van der Waals surface area contributed by atoms with E-state index in [2.05, 4.69) is 5.32 Å². The van der Waals surface area contributed by atoms with Crippen LogP contribution in [-0.2, 0) is 11.3 Å². The lowest BCUT2D eigenvalue weighted by molar-refractivity contribution is -0.122. The summed E-state index contributed by atoms with van der Waals surface area (Å²) in [7, 11) is 4.69. The van der Waals surface area contributed by atoms with Gasteiger partial charge in [0.1, 0.15) is 17.2 Å². The molecule has 1 amide bonds. The average Bonchev–Trinajstić information content (AvgIpc) is 2.56. The van der Waals surface area contributed by atoms with E-state index in [0.717, 1.165) is 11.3 Å². The number of benzene rings is 1. The van der Waals surface area contributed by atoms with Crippen LogP contribution < -0.4 is 25.3 Å². The molecular weight excluding hydrogens is 304 g/mol. The summed E-state index contributed by atoms with van der Waals surface area (Å²) in [6, 6.07) is 2.98. The van der Waals surface area contributed by atoms with Gasteiger partial charge in [0.05, 0.1) is 39.5 Å². The van der Waals surface area contributed by atoms with Gasteiger partial charge in [0.25, 0.3) is 0 Å². The van der Waals surface area contributed by atoms with Crippen molar-refractivity contribution in [3.05, 3.63) is 17.7 Å². The summed E-state index contributed by atoms with van der Waals surface area (Å²) >= 11 is 1.66. The lowest BCUT2D eigenvalue weighted by Crippen LogP contribution is -2.40. The number of carbonyl (C=O) groups is 1. The predicted molar refractivity (Wildman–Crippen MR) is 88.9 cm³/mol. The van der Waals surface area contributed by atoms with Gasteiger partial charge in [-0.1, -0.05) is 0 Å². The molecule has 0 aliphatic heterocycles. The van der Waals surface area contributed by atoms with Crippen LogP contribution in [0, 0.1) is 0 Å². The molecule has 3 N–H and O–H groups in total. The van der Waals surface area contributed by atoms with Gasteiger partial charge in [-0.2, -0.15) is 11.8 Å². The smallest absolute Gasteiger partial charge is 0.237 e. The van der Waals surface area contributed by atoms with Crippen LogP contribution >= 0.6 is 11.8 Å². The fraction of sp³-hybridized carbons (Fsp3) is 0.533. The predicted octanol–water partition coefficient (Wildman–Crippen LogP) is 1.41. The highest BCUT2D eigenvalue weighted by Crippen LogP contribution is 2.33. The molecule has 0 aromatic heterocycles. The van der Waals surface area contributed by atoms with E-state index in [1.54, 1.807) is 45.2 Å². The van der Waals surface area contributed by atoms with Crippen molar-refractivity contribution in [2.75, 3.05) is 33.3 Å². The standard InChI is InChI=1S/C15H24N2O4S/c1-19-10-7-13(20-2)11(14(8-10)21-3)9-17-15(18)12(16)5-6-22-4/h7-8,12H,5-6,9,16H2,1-4H3,(H,17,18)/t12-/m0/s1. The Kier molecular flexibility index (Phi) is 7.90. The Labute approximate surface area is 135 Å². The van der Waals surface area contributed by atoms with Crippen molar-refractivity contribution in [2.45, 2.75) is 19.0 Å². The number of methoxy groups -OCH3 is 3. The van der Waals surface area contributed by atoms with Crippen LogP contribution in [0.4, 0.5) is 0 Å². The van der Waals surface area contributed by atoms with Gasteiger partial charge < -0.3 is 25.3 Å². The molecule has 0 saturated carbocycles. The van der Waals surface area contributed by atoms with Crippen molar-refractivity contribution in [1.82, 2.24) is 5.32 Å². The fourth-order valence-electron chi connectivity index (χ4n) is 1.93. The minimum atomic E-state index is -0.511. The number of amides is 1. The summed E-state index contributed by atoms with van der Waals surface area (Å²) in [6.45, 7) is 0.280. The number of nitrogens with one attached hydrogen (secondary N) is 1. The molecule has 0 spiro atoms. The molecule has 0 fully saturated rings. The van der Waals surface area contributed by atoms with Gasteiger partial charge in [-0.05, 0) is 18.4 Å². The lowest BCUT2D eigenvalue weighted by Gasteiger charge is -2.17. The van der Waals surface area contributed by atoms with Crippen molar-refractivity contribution >= 4 is 17.7 Å². The summed E-state index contributed by atoms with van der Waals surface area (Å²) in [5.41, 5.74) is 6.59. The summed E-state index contributed by atoms with van der Waals surface area (Å²) in [5, 5.41) is 2.82. The zero-order chi connectivity index (χ0) is 16.5. The Bertz CT molecular complexity index is 471. The van der Waals surface area contributed by atoms with Crippen molar-refractivity contribution in [3.8, 4) is 17.2 Å². The van der Waals surface area contributed by atoms with Crippen molar-refractivity contribution < 1.29 is 19.0 Å². The van der Waals surface area contributed by atoms with Crippen molar-refractivity contribution in [3.63, 3.8) is 0 Å². The quantitative estimate of drug-likeness (QED) is 0.713. The van der Waals surface area contributed by atoms with Crippen LogP contribution in [0.25, 0.3) is 0 Å². The van der Waals surface area contributed by atoms with Crippen LogP contribution in [0.5, 0.6) is 17.2 Å². The van der Waals surface area contributed by atoms with Gasteiger partial charge in [-0.3, -0.25) is 4.79 Å². The van der Waals surface area contributed by atoms with E-state index in [-0.39, 0.29) is 12.5 Å². The molecule has 0 aliphatic carbocycles. The van der Waals surface area contributed by atoms with Crippen LogP contribution in [0.1, 0.15) is 12.0 Å². The number of thioether (sulfide) groups is 1. The summed E-state index contributed by atoms with van der Waals surface area (Å²) in [5.74, 6) is 2.47. The topological polar surface area (TPSA) is 82.8 Å². The monoisotopic (exact) mass is 328 g/mol. The molecule has 0 bridgehead atoms. The fourth-order valence-corrected chi connectivity index (χ4v) is 2.42. The second-order valence-electron chi connectivity index (χ2n) is 4.62. The van der Waals surface area contributed by atoms with E-state index < -0.39 is 6.04 Å². The second kappa shape index (κ2) is 9.42. The molecule has 0 heterocycles. The molecule has 0 radical (unpaired) electrons. The van der Waals surface area contributed by atoms with Crippen molar-refractivity contribution in [1.29, 1.82) is 0 Å². The number of rotatable bonds is 9. The highest BCUT2D eigenvalue weighted by molar-refractivity contribution is 7.98. The van der Waals surface area contributed by atoms with Gasteiger partial charge in [-0.15, -0.1) is 0 Å². The highest BCUT2D eigenvalue weighted by Gasteiger charge is 2.17. The molecule has 22 heavy (non-hydrogen) atoms. The van der Waals surface area contributed by atoms with E-state index in [1.165, 1.54) is 0 Å². The average molecular weight is 328 g/mol. The zero-order valence-corrected chi connectivity index (χ0v) is 14.3. The number of hydrogen-bond donors (Lipinski definition) is 2. The molecule has 0 saturated heterocycles. The Morgan fingerprint density at radius 1 is 1.23 bits per heavy atom. The zero-order valence-electron chi connectivity index (χ0n) is 13.5. The van der Waals surface area contributed by atoms with E-state index >= 15 is 0 Å². The third-order valence-electron chi connectivity index (χ3n) is 3.23. The van der Waals surface area contributed by atoms with Crippen LogP contribution in [0.15, 0.2) is 12.1 Å². The minimum absolute atomic E-state index is 0.186. The first kappa shape index (κ1) is 18.4. The molecule has 6 nitrogen and oxygen atoms in total. The maximum absolute atomic E-state index is 12.0. The Balaban J connectivity index is 2.82. The van der Waals surface area contributed by atoms with E-state index in [0.29, 0.717) is 23.7 Å². The van der Waals surface area contributed by atoms with Crippen LogP contribution in [-0.4, -0.2) is 45.3 Å². The molecule has 0 unspecified atom stereocenters. The van der Waals surface area contributed by atoms with E-state index in [4.69, 9.17) is 19.9 Å². The van der Waals surface area contributed by atoms with Crippen LogP contribution in [0.3, 0.4) is 0 Å². The Hall–Kier alpha value is -1.60. The van der Waals surface area contributed by atoms with E-state index in [9.17, 15) is 4.79 Å². The van der Waals surface area contributed by atoms with Crippen LogP contribution in [0.2, 0.25) is 0 Å². The maximum Gasteiger partial charge on any atom is 0.237 e. The molecule has 1 aromatic carbocycles. The third-order valence-corrected chi connectivity index (χ3v) is 3.87. The molecule has 1 atom stereocenters. The first-order valence-electron chi connectivity index (χ1n) is 6.88. The number of carbonyl (C=O) groups excluding carboxylic acids is 1. The number of nitrogens with two attached hydrogens (primary N) is 1. The van der Waals surface area contributed by atoms with E-state index in [1.807, 2.05) is 6.26 Å². The molecule has 124 valence electrons. The van der Waals surface area contributed by atoms with Crippen molar-refractivity contribution in [2.24, 2.45) is 5.73 Å². The Morgan fingerprint density at radius 3 is 2.27 bits per heavy atom. The largest absolute Gasteiger partial charge is 0.496 e. The van der Waals surface area contributed by atoms with Gasteiger partial charge in [0.2, 0.25) is 5.91 Å². The Morgan fingerprint density at radius 2 is 1.82 bits per heavy atom. The summed E-state index contributed by atoms with van der Waals surface area (Å²) < 4.78 is 15.9. The lowest BCUT2D eigenvalue weighted by atomic mass is 10.1. The molecule has 1 aromatic rings. The molecular formula is C15H24N2O4S. The summed E-state index contributed by atoms with van der Waals surface area (Å²) in [4.78, 5) is 12.0. The summed E-state index contributed by atoms with van der Waals surface area (Å²) in [6.07, 6.45) is 2.63. The first-order chi connectivity index (χ1) is 10.6. The number of ether oxygens (including phenoxy) is 3. The third kappa shape index (κ3) is 4.99. The molecule has 0 aliphatic rings. The normalized spacial score (nSPS) is 11.7. The maximum atomic E-state index is 12.0. The van der Waals surface area contributed by atoms with Gasteiger partial charge in [0.15, 0.2) is 0 Å². The SMILES string of the molecule is COc1cc(OC)c(CNC(=O)[C@@H](N)CCSC)c(OC)c1.